The number of nitrogens with two attached hydrogens (primary N) is 2. The molecule has 11 heavy (non-hydrogen) atoms. The molecule has 0 heterocycles. The summed E-state index contributed by atoms with van der Waals surface area (Å²) in [5, 5.41) is 0. The van der Waals surface area contributed by atoms with Crippen molar-refractivity contribution in [3.05, 3.63) is 0 Å². The molecule has 2 unspecified atom stereocenters. The van der Waals surface area contributed by atoms with Crippen LogP contribution < -0.4 is 11.5 Å². The number of rotatable bonds is 3. The van der Waals surface area contributed by atoms with Crippen LogP contribution in [-0.2, 0) is 0 Å². The summed E-state index contributed by atoms with van der Waals surface area (Å²) in [6.45, 7) is 5.99. The first-order valence-corrected chi connectivity index (χ1v) is 3.97. The number of likely N-dealkylation sites (N-methyl/N-ethyl adjacent to an activating group) is 1. The van der Waals surface area contributed by atoms with Crippen molar-refractivity contribution in [2.45, 2.75) is 38.4 Å². The molecule has 0 saturated heterocycles. The molecule has 0 aliphatic carbocycles. The Labute approximate surface area is 69.7 Å². The summed E-state index contributed by atoms with van der Waals surface area (Å²) in [4.78, 5) is 2.08. The summed E-state index contributed by atoms with van der Waals surface area (Å²) < 4.78 is 0. The van der Waals surface area contributed by atoms with Crippen molar-refractivity contribution in [3.63, 3.8) is 0 Å². The molecule has 0 aliphatic heterocycles. The van der Waals surface area contributed by atoms with Crippen LogP contribution >= 0.6 is 0 Å². The van der Waals surface area contributed by atoms with E-state index in [4.69, 9.17) is 11.5 Å². The van der Waals surface area contributed by atoms with Gasteiger partial charge in [0.25, 0.3) is 0 Å². The molecule has 4 N–H and O–H groups in total. The Balaban J connectivity index is 4.13. The normalized spacial score (nSPS) is 18.5. The summed E-state index contributed by atoms with van der Waals surface area (Å²) in [5.74, 6) is 0. The lowest BCUT2D eigenvalue weighted by Crippen LogP contribution is -2.59. The molecular weight excluding hydrogens is 138 g/mol. The monoisotopic (exact) mass is 159 g/mol. The summed E-state index contributed by atoms with van der Waals surface area (Å²) in [6.07, 6.45) is 0. The van der Waals surface area contributed by atoms with Crippen LogP contribution in [0.3, 0.4) is 0 Å². The van der Waals surface area contributed by atoms with Crippen molar-refractivity contribution in [1.82, 2.24) is 4.90 Å². The molecule has 0 aliphatic rings. The Morgan fingerprint density at radius 2 is 1.64 bits per heavy atom. The van der Waals surface area contributed by atoms with E-state index in [1.165, 1.54) is 0 Å². The third-order valence-electron chi connectivity index (χ3n) is 2.19. The SMILES string of the molecule is CC(C(N)C(C)(C)N)N(C)C. The van der Waals surface area contributed by atoms with Gasteiger partial charge in [-0.05, 0) is 34.9 Å². The second-order valence-corrected chi connectivity index (χ2v) is 4.05. The largest absolute Gasteiger partial charge is 0.325 e. The maximum absolute atomic E-state index is 5.93. The maximum Gasteiger partial charge on any atom is 0.0371 e. The first kappa shape index (κ1) is 10.9. The zero-order chi connectivity index (χ0) is 9.23. The predicted octanol–water partition coefficient (Wildman–Crippen LogP) is 0.00110. The topological polar surface area (TPSA) is 55.3 Å². The van der Waals surface area contributed by atoms with E-state index in [-0.39, 0.29) is 11.6 Å². The fourth-order valence-corrected chi connectivity index (χ4v) is 0.943. The van der Waals surface area contributed by atoms with Gasteiger partial charge >= 0.3 is 0 Å². The van der Waals surface area contributed by atoms with Gasteiger partial charge in [0.15, 0.2) is 0 Å². The highest BCUT2D eigenvalue weighted by Crippen LogP contribution is 2.09. The van der Waals surface area contributed by atoms with Crippen LogP contribution in [0.2, 0.25) is 0 Å². The Kier molecular flexibility index (Phi) is 3.48. The van der Waals surface area contributed by atoms with Crippen LogP contribution in [0.15, 0.2) is 0 Å². The number of hydrogen-bond donors (Lipinski definition) is 2. The van der Waals surface area contributed by atoms with Crippen LogP contribution in [0.25, 0.3) is 0 Å². The van der Waals surface area contributed by atoms with Gasteiger partial charge in [0.1, 0.15) is 0 Å². The van der Waals surface area contributed by atoms with Crippen LogP contribution in [0, 0.1) is 0 Å². The van der Waals surface area contributed by atoms with E-state index in [0.29, 0.717) is 6.04 Å². The van der Waals surface area contributed by atoms with Gasteiger partial charge in [-0.15, -0.1) is 0 Å². The lowest BCUT2D eigenvalue weighted by molar-refractivity contribution is 0.220. The first-order valence-electron chi connectivity index (χ1n) is 3.97. The van der Waals surface area contributed by atoms with E-state index in [9.17, 15) is 0 Å². The Bertz CT molecular complexity index is 115. The average molecular weight is 159 g/mol. The fraction of sp³-hybridized carbons (Fsp3) is 1.00. The average Bonchev–Trinajstić information content (AvgIpc) is 1.82. The molecule has 3 heteroatoms. The van der Waals surface area contributed by atoms with E-state index in [1.807, 2.05) is 27.9 Å². The predicted molar refractivity (Wildman–Crippen MR) is 49.4 cm³/mol. The molecule has 0 aromatic heterocycles. The van der Waals surface area contributed by atoms with Crippen LogP contribution in [0.1, 0.15) is 20.8 Å². The fourth-order valence-electron chi connectivity index (χ4n) is 0.943. The number of hydrogen-bond acceptors (Lipinski definition) is 3. The zero-order valence-corrected chi connectivity index (χ0v) is 8.26. The highest BCUT2D eigenvalue weighted by Gasteiger charge is 2.27. The Hall–Kier alpha value is -0.120. The third kappa shape index (κ3) is 3.18. The molecular formula is C8H21N3. The zero-order valence-electron chi connectivity index (χ0n) is 8.26. The standard InChI is InChI=1S/C8H21N3/c1-6(11(4)5)7(9)8(2,3)10/h6-7H,9-10H2,1-5H3. The molecule has 0 amide bonds. The summed E-state index contributed by atoms with van der Waals surface area (Å²) in [6, 6.07) is 0.326. The second kappa shape index (κ2) is 3.52. The van der Waals surface area contributed by atoms with Crippen molar-refractivity contribution >= 4 is 0 Å². The quantitative estimate of drug-likeness (QED) is 0.609. The van der Waals surface area contributed by atoms with Gasteiger partial charge in [-0.3, -0.25) is 0 Å². The molecule has 0 bridgehead atoms. The van der Waals surface area contributed by atoms with E-state index in [0.717, 1.165) is 0 Å². The van der Waals surface area contributed by atoms with E-state index in [1.54, 1.807) is 0 Å². The van der Waals surface area contributed by atoms with Gasteiger partial charge in [-0.1, -0.05) is 0 Å². The van der Waals surface area contributed by atoms with Gasteiger partial charge in [0.05, 0.1) is 0 Å². The van der Waals surface area contributed by atoms with Crippen molar-refractivity contribution in [2.24, 2.45) is 11.5 Å². The molecule has 2 atom stereocenters. The van der Waals surface area contributed by atoms with Crippen molar-refractivity contribution in [2.75, 3.05) is 14.1 Å². The van der Waals surface area contributed by atoms with Crippen molar-refractivity contribution in [1.29, 1.82) is 0 Å². The van der Waals surface area contributed by atoms with Crippen LogP contribution in [0.4, 0.5) is 0 Å². The van der Waals surface area contributed by atoms with Gasteiger partial charge in [0, 0.05) is 17.6 Å². The summed E-state index contributed by atoms with van der Waals surface area (Å²) >= 11 is 0. The smallest absolute Gasteiger partial charge is 0.0371 e. The van der Waals surface area contributed by atoms with Crippen LogP contribution in [-0.4, -0.2) is 36.6 Å². The highest BCUT2D eigenvalue weighted by molar-refractivity contribution is 4.91. The lowest BCUT2D eigenvalue weighted by Gasteiger charge is -2.35. The minimum atomic E-state index is -0.302. The molecule has 68 valence electrons. The summed E-state index contributed by atoms with van der Waals surface area (Å²) in [7, 11) is 4.02. The molecule has 0 radical (unpaired) electrons. The van der Waals surface area contributed by atoms with E-state index >= 15 is 0 Å². The minimum absolute atomic E-state index is 0.0116. The number of nitrogens with zero attached hydrogens (tertiary/aromatic N) is 1. The Morgan fingerprint density at radius 1 is 1.27 bits per heavy atom. The highest BCUT2D eigenvalue weighted by atomic mass is 15.1. The second-order valence-electron chi connectivity index (χ2n) is 4.05. The third-order valence-corrected chi connectivity index (χ3v) is 2.19. The molecule has 0 spiro atoms. The lowest BCUT2D eigenvalue weighted by atomic mass is 9.91. The molecule has 3 nitrogen and oxygen atoms in total. The summed E-state index contributed by atoms with van der Waals surface area (Å²) in [5.41, 5.74) is 11.5. The molecule has 0 saturated carbocycles. The van der Waals surface area contributed by atoms with E-state index in [2.05, 4.69) is 11.8 Å². The molecule has 0 fully saturated rings. The molecule has 0 aromatic carbocycles. The van der Waals surface area contributed by atoms with Crippen molar-refractivity contribution in [3.8, 4) is 0 Å². The maximum atomic E-state index is 5.93. The first-order chi connectivity index (χ1) is 4.76. The molecule has 0 rings (SSSR count). The van der Waals surface area contributed by atoms with E-state index < -0.39 is 0 Å². The van der Waals surface area contributed by atoms with Gasteiger partial charge in [-0.25, -0.2) is 0 Å². The van der Waals surface area contributed by atoms with Gasteiger partial charge < -0.3 is 16.4 Å². The van der Waals surface area contributed by atoms with Gasteiger partial charge in [-0.2, -0.15) is 0 Å². The Morgan fingerprint density at radius 3 is 1.73 bits per heavy atom. The van der Waals surface area contributed by atoms with Crippen LogP contribution in [0.5, 0.6) is 0 Å². The van der Waals surface area contributed by atoms with Crippen molar-refractivity contribution < 1.29 is 0 Å². The van der Waals surface area contributed by atoms with Gasteiger partial charge in [0.2, 0.25) is 0 Å². The minimum Gasteiger partial charge on any atom is -0.325 e. The molecule has 0 aromatic rings.